The minimum absolute atomic E-state index is 0.140. The van der Waals surface area contributed by atoms with E-state index in [2.05, 4.69) is 19.0 Å². The molecule has 17 heavy (non-hydrogen) atoms. The van der Waals surface area contributed by atoms with Crippen molar-refractivity contribution < 1.29 is 9.84 Å². The maximum absolute atomic E-state index is 10.3. The molecule has 2 fully saturated rings. The fourth-order valence-electron chi connectivity index (χ4n) is 3.39. The molecule has 1 aliphatic carbocycles. The molecule has 0 aromatic rings. The highest BCUT2D eigenvalue weighted by molar-refractivity contribution is 4.92. The smallest absolute Gasteiger partial charge is 0.0686 e. The molecule has 1 aliphatic heterocycles. The Bertz CT molecular complexity index is 236. The summed E-state index contributed by atoms with van der Waals surface area (Å²) in [6.45, 7) is 1.83. The lowest BCUT2D eigenvalue weighted by atomic mass is 9.81. The molecular formula is C14H27NO2. The van der Waals surface area contributed by atoms with Gasteiger partial charge >= 0.3 is 0 Å². The number of aliphatic hydroxyl groups excluding tert-OH is 1. The summed E-state index contributed by atoms with van der Waals surface area (Å²) in [5.74, 6) is 0.460. The summed E-state index contributed by atoms with van der Waals surface area (Å²) in [5, 5.41) is 10.3. The Kier molecular flexibility index (Phi) is 4.45. The van der Waals surface area contributed by atoms with Crippen LogP contribution in [0.3, 0.4) is 0 Å². The van der Waals surface area contributed by atoms with Gasteiger partial charge in [-0.15, -0.1) is 0 Å². The van der Waals surface area contributed by atoms with Gasteiger partial charge in [0.1, 0.15) is 0 Å². The van der Waals surface area contributed by atoms with Crippen LogP contribution in [0.5, 0.6) is 0 Å². The van der Waals surface area contributed by atoms with Gasteiger partial charge in [0, 0.05) is 6.61 Å². The van der Waals surface area contributed by atoms with Crippen LogP contribution in [0.4, 0.5) is 0 Å². The van der Waals surface area contributed by atoms with Gasteiger partial charge in [0.05, 0.1) is 11.7 Å². The van der Waals surface area contributed by atoms with Gasteiger partial charge in [-0.3, -0.25) is 0 Å². The van der Waals surface area contributed by atoms with Crippen LogP contribution >= 0.6 is 0 Å². The Morgan fingerprint density at radius 3 is 2.71 bits per heavy atom. The summed E-state index contributed by atoms with van der Waals surface area (Å²) >= 11 is 0. The van der Waals surface area contributed by atoms with E-state index in [1.165, 1.54) is 25.7 Å². The van der Waals surface area contributed by atoms with Gasteiger partial charge in [-0.25, -0.2) is 0 Å². The van der Waals surface area contributed by atoms with Gasteiger partial charge in [-0.2, -0.15) is 0 Å². The van der Waals surface area contributed by atoms with E-state index < -0.39 is 0 Å². The van der Waals surface area contributed by atoms with E-state index in [-0.39, 0.29) is 11.7 Å². The van der Waals surface area contributed by atoms with Crippen LogP contribution < -0.4 is 0 Å². The van der Waals surface area contributed by atoms with Crippen molar-refractivity contribution >= 4 is 0 Å². The molecular weight excluding hydrogens is 214 g/mol. The van der Waals surface area contributed by atoms with E-state index in [0.29, 0.717) is 5.92 Å². The Labute approximate surface area is 105 Å². The second-order valence-corrected chi connectivity index (χ2v) is 6.15. The summed E-state index contributed by atoms with van der Waals surface area (Å²) in [5.41, 5.74) is 0.141. The average molecular weight is 241 g/mol. The molecule has 3 heteroatoms. The summed E-state index contributed by atoms with van der Waals surface area (Å²) in [4.78, 5) is 2.15. The topological polar surface area (TPSA) is 32.7 Å². The van der Waals surface area contributed by atoms with Gasteiger partial charge in [-0.1, -0.05) is 12.8 Å². The molecule has 100 valence electrons. The lowest BCUT2D eigenvalue weighted by Crippen LogP contribution is -2.41. The Morgan fingerprint density at radius 2 is 2.06 bits per heavy atom. The standard InChI is InChI=1S/C14H27NO2/c1-15(2)9-5-13(16)12-6-10-17-14(11-12)7-3-4-8-14/h12-13,16H,3-11H2,1-2H3. The summed E-state index contributed by atoms with van der Waals surface area (Å²) in [7, 11) is 4.13. The predicted molar refractivity (Wildman–Crippen MR) is 69.1 cm³/mol. The largest absolute Gasteiger partial charge is 0.393 e. The number of hydrogen-bond acceptors (Lipinski definition) is 3. The molecule has 1 spiro atoms. The molecule has 2 atom stereocenters. The SMILES string of the molecule is CN(C)CCC(O)C1CCOC2(CCCC2)C1. The molecule has 0 amide bonds. The first-order chi connectivity index (χ1) is 8.11. The van der Waals surface area contributed by atoms with Gasteiger partial charge in [-0.05, 0) is 58.7 Å². The van der Waals surface area contributed by atoms with Crippen LogP contribution in [-0.4, -0.2) is 49.0 Å². The zero-order valence-corrected chi connectivity index (χ0v) is 11.3. The first-order valence-corrected chi connectivity index (χ1v) is 7.08. The maximum atomic E-state index is 10.3. The second-order valence-electron chi connectivity index (χ2n) is 6.15. The molecule has 0 radical (unpaired) electrons. The van der Waals surface area contributed by atoms with Crippen LogP contribution in [0, 0.1) is 5.92 Å². The molecule has 1 N–H and O–H groups in total. The number of ether oxygens (including phenoxy) is 1. The van der Waals surface area contributed by atoms with Crippen LogP contribution in [0.15, 0.2) is 0 Å². The molecule has 2 aliphatic rings. The van der Waals surface area contributed by atoms with Crippen molar-refractivity contribution in [1.29, 1.82) is 0 Å². The molecule has 1 saturated heterocycles. The summed E-state index contributed by atoms with van der Waals surface area (Å²) < 4.78 is 6.01. The Balaban J connectivity index is 1.84. The average Bonchev–Trinajstić information content (AvgIpc) is 2.74. The molecule has 2 unspecified atom stereocenters. The lowest BCUT2D eigenvalue weighted by molar-refractivity contribution is -0.113. The first-order valence-electron chi connectivity index (χ1n) is 7.08. The normalized spacial score (nSPS) is 30.0. The minimum Gasteiger partial charge on any atom is -0.393 e. The monoisotopic (exact) mass is 241 g/mol. The van der Waals surface area contributed by atoms with E-state index in [1.807, 2.05) is 0 Å². The predicted octanol–water partition coefficient (Wildman–Crippen LogP) is 2.04. The van der Waals surface area contributed by atoms with Gasteiger partial charge in [0.25, 0.3) is 0 Å². The van der Waals surface area contributed by atoms with Gasteiger partial charge in [0.2, 0.25) is 0 Å². The molecule has 1 saturated carbocycles. The van der Waals surface area contributed by atoms with Gasteiger partial charge < -0.3 is 14.7 Å². The third-order valence-corrected chi connectivity index (χ3v) is 4.46. The van der Waals surface area contributed by atoms with Crippen LogP contribution in [0.1, 0.15) is 44.9 Å². The van der Waals surface area contributed by atoms with Crippen molar-refractivity contribution in [2.24, 2.45) is 5.92 Å². The number of nitrogens with zero attached hydrogens (tertiary/aromatic N) is 1. The van der Waals surface area contributed by atoms with E-state index in [1.54, 1.807) is 0 Å². The zero-order chi connectivity index (χ0) is 12.3. The molecule has 3 nitrogen and oxygen atoms in total. The number of hydrogen-bond donors (Lipinski definition) is 1. The van der Waals surface area contributed by atoms with E-state index in [0.717, 1.165) is 32.4 Å². The fraction of sp³-hybridized carbons (Fsp3) is 1.00. The lowest BCUT2D eigenvalue weighted by Gasteiger charge is -2.40. The minimum atomic E-state index is -0.140. The van der Waals surface area contributed by atoms with E-state index in [9.17, 15) is 5.11 Å². The molecule has 0 aromatic carbocycles. The molecule has 0 bridgehead atoms. The van der Waals surface area contributed by atoms with Crippen molar-refractivity contribution in [3.8, 4) is 0 Å². The third kappa shape index (κ3) is 3.43. The Morgan fingerprint density at radius 1 is 1.35 bits per heavy atom. The molecule has 2 rings (SSSR count). The fourth-order valence-corrected chi connectivity index (χ4v) is 3.39. The highest BCUT2D eigenvalue weighted by Crippen LogP contribution is 2.43. The van der Waals surface area contributed by atoms with E-state index in [4.69, 9.17) is 4.74 Å². The molecule has 0 aromatic heterocycles. The Hall–Kier alpha value is -0.120. The zero-order valence-electron chi connectivity index (χ0n) is 11.3. The summed E-state index contributed by atoms with van der Waals surface area (Å²) in [6, 6.07) is 0. The number of rotatable bonds is 4. The quantitative estimate of drug-likeness (QED) is 0.817. The third-order valence-electron chi connectivity index (χ3n) is 4.46. The van der Waals surface area contributed by atoms with Crippen LogP contribution in [0.25, 0.3) is 0 Å². The van der Waals surface area contributed by atoms with E-state index >= 15 is 0 Å². The van der Waals surface area contributed by atoms with Crippen molar-refractivity contribution in [3.63, 3.8) is 0 Å². The number of aliphatic hydroxyl groups is 1. The second kappa shape index (κ2) is 5.68. The highest BCUT2D eigenvalue weighted by atomic mass is 16.5. The first kappa shape index (κ1) is 13.3. The summed E-state index contributed by atoms with van der Waals surface area (Å²) in [6.07, 6.45) is 7.92. The van der Waals surface area contributed by atoms with Crippen molar-refractivity contribution in [3.05, 3.63) is 0 Å². The van der Waals surface area contributed by atoms with Crippen molar-refractivity contribution in [2.45, 2.75) is 56.7 Å². The maximum Gasteiger partial charge on any atom is 0.0686 e. The van der Waals surface area contributed by atoms with Crippen LogP contribution in [0.2, 0.25) is 0 Å². The van der Waals surface area contributed by atoms with Gasteiger partial charge in [0.15, 0.2) is 0 Å². The molecule has 1 heterocycles. The van der Waals surface area contributed by atoms with Crippen molar-refractivity contribution in [2.75, 3.05) is 27.2 Å². The van der Waals surface area contributed by atoms with Crippen molar-refractivity contribution in [1.82, 2.24) is 4.90 Å². The van der Waals surface area contributed by atoms with Crippen LogP contribution in [-0.2, 0) is 4.74 Å². The highest BCUT2D eigenvalue weighted by Gasteiger charge is 2.41.